The Morgan fingerprint density at radius 3 is 2.53 bits per heavy atom. The predicted octanol–water partition coefficient (Wildman–Crippen LogP) is 1.57. The summed E-state index contributed by atoms with van der Waals surface area (Å²) in [5.41, 5.74) is 1.53. The quantitative estimate of drug-likeness (QED) is 0.425. The number of amides is 4. The van der Waals surface area contributed by atoms with Crippen LogP contribution in [0.25, 0.3) is 6.08 Å². The molecule has 230 valence electrons. The normalized spacial score (nSPS) is 21.7. The van der Waals surface area contributed by atoms with E-state index in [1.165, 1.54) is 11.1 Å². The maximum Gasteiger partial charge on any atom is 0.247 e. The minimum absolute atomic E-state index is 0.121. The van der Waals surface area contributed by atoms with Crippen molar-refractivity contribution in [2.45, 2.75) is 50.9 Å². The molecule has 4 rings (SSSR count). The number of rotatable bonds is 8. The van der Waals surface area contributed by atoms with Gasteiger partial charge in [-0.1, -0.05) is 44.2 Å². The van der Waals surface area contributed by atoms with Gasteiger partial charge in [0.1, 0.15) is 35.7 Å². The third kappa shape index (κ3) is 7.92. The number of methoxy groups -OCH3 is 1. The third-order valence-corrected chi connectivity index (χ3v) is 7.50. The number of ether oxygens (including phenoxy) is 2. The Morgan fingerprint density at radius 2 is 1.86 bits per heavy atom. The molecule has 4 atom stereocenters. The van der Waals surface area contributed by atoms with E-state index in [1.54, 1.807) is 50.4 Å². The first kappa shape index (κ1) is 31.6. The second-order valence-corrected chi connectivity index (χ2v) is 11.4. The van der Waals surface area contributed by atoms with E-state index in [-0.39, 0.29) is 37.2 Å². The second-order valence-electron chi connectivity index (χ2n) is 11.4. The Balaban J connectivity index is 1.70. The maximum absolute atomic E-state index is 14.0. The van der Waals surface area contributed by atoms with Crippen LogP contribution in [0.3, 0.4) is 0 Å². The van der Waals surface area contributed by atoms with Gasteiger partial charge in [0.15, 0.2) is 0 Å². The highest BCUT2D eigenvalue weighted by Gasteiger charge is 2.46. The number of benzene rings is 2. The molecule has 1 fully saturated rings. The van der Waals surface area contributed by atoms with Gasteiger partial charge in [-0.05, 0) is 49.9 Å². The first-order valence-electron chi connectivity index (χ1n) is 14.5. The van der Waals surface area contributed by atoms with Crippen LogP contribution in [0.4, 0.5) is 0 Å². The van der Waals surface area contributed by atoms with Gasteiger partial charge < -0.3 is 35.2 Å². The van der Waals surface area contributed by atoms with Crippen molar-refractivity contribution in [3.05, 3.63) is 65.9 Å². The number of nitrogens with zero attached hydrogens (tertiary/aromatic N) is 2. The standard InChI is InChI=1S/C32H41N5O6/c1-20(2)28(35-27(38)19-36(3)4)32(41)37-16-14-26-29(37)31(40)34-24(17-21-9-7-6-8-10-21)30(39)33-15-13-22-18-23(43-26)11-12-25(22)42-5/h6-13,15,18,20,24,26,28-29H,14,16-17,19H2,1-5H3,(H,33,39)(H,34,40)(H,35,38)/b15-13-. The predicted molar refractivity (Wildman–Crippen MR) is 162 cm³/mol. The fraction of sp³-hybridized carbons (Fsp3) is 0.438. The Labute approximate surface area is 252 Å². The molecule has 43 heavy (non-hydrogen) atoms. The molecule has 2 aromatic rings. The zero-order chi connectivity index (χ0) is 31.1. The minimum atomic E-state index is -1.04. The number of carbonyl (C=O) groups excluding carboxylic acids is 4. The van der Waals surface area contributed by atoms with Gasteiger partial charge in [0.2, 0.25) is 23.6 Å². The van der Waals surface area contributed by atoms with Crippen LogP contribution in [-0.4, -0.2) is 92.0 Å². The van der Waals surface area contributed by atoms with E-state index in [4.69, 9.17) is 9.47 Å². The van der Waals surface area contributed by atoms with E-state index in [2.05, 4.69) is 16.0 Å². The van der Waals surface area contributed by atoms with Crippen LogP contribution in [0.15, 0.2) is 54.7 Å². The second kappa shape index (κ2) is 14.2. The Morgan fingerprint density at radius 1 is 1.12 bits per heavy atom. The van der Waals surface area contributed by atoms with Crippen molar-refractivity contribution < 1.29 is 28.7 Å². The fourth-order valence-corrected chi connectivity index (χ4v) is 5.36. The number of likely N-dealkylation sites (N-methyl/N-ethyl adjacent to an activating group) is 1. The summed E-state index contributed by atoms with van der Waals surface area (Å²) in [5.74, 6) is -0.749. The molecule has 2 aliphatic rings. The topological polar surface area (TPSA) is 129 Å². The summed E-state index contributed by atoms with van der Waals surface area (Å²) in [7, 11) is 5.10. The van der Waals surface area contributed by atoms with Crippen molar-refractivity contribution in [3.63, 3.8) is 0 Å². The van der Waals surface area contributed by atoms with Crippen LogP contribution in [0, 0.1) is 5.92 Å². The molecule has 2 aromatic carbocycles. The monoisotopic (exact) mass is 591 g/mol. The highest BCUT2D eigenvalue weighted by molar-refractivity contribution is 5.95. The summed E-state index contributed by atoms with van der Waals surface area (Å²) in [6.07, 6.45) is 3.14. The minimum Gasteiger partial charge on any atom is -0.496 e. The van der Waals surface area contributed by atoms with E-state index in [0.29, 0.717) is 23.5 Å². The van der Waals surface area contributed by atoms with Crippen molar-refractivity contribution in [1.29, 1.82) is 0 Å². The number of nitrogens with one attached hydrogen (secondary N) is 3. The van der Waals surface area contributed by atoms with Gasteiger partial charge in [0.05, 0.1) is 13.7 Å². The lowest BCUT2D eigenvalue weighted by Gasteiger charge is -2.33. The highest BCUT2D eigenvalue weighted by Crippen LogP contribution is 2.30. The van der Waals surface area contributed by atoms with E-state index in [9.17, 15) is 19.2 Å². The summed E-state index contributed by atoms with van der Waals surface area (Å²) < 4.78 is 11.8. The first-order valence-corrected chi connectivity index (χ1v) is 14.5. The molecule has 0 radical (unpaired) electrons. The molecule has 3 N–H and O–H groups in total. The molecule has 2 bridgehead atoms. The average molecular weight is 592 g/mol. The smallest absolute Gasteiger partial charge is 0.247 e. The van der Waals surface area contributed by atoms with Gasteiger partial charge in [-0.15, -0.1) is 0 Å². The zero-order valence-electron chi connectivity index (χ0n) is 25.3. The molecule has 2 aliphatic heterocycles. The van der Waals surface area contributed by atoms with E-state index >= 15 is 0 Å². The largest absolute Gasteiger partial charge is 0.496 e. The van der Waals surface area contributed by atoms with Gasteiger partial charge in [0.25, 0.3) is 0 Å². The molecule has 4 amide bonds. The van der Waals surface area contributed by atoms with Crippen LogP contribution in [0.5, 0.6) is 11.5 Å². The Kier molecular flexibility index (Phi) is 10.4. The van der Waals surface area contributed by atoms with Crippen LogP contribution in [0.1, 0.15) is 31.4 Å². The maximum atomic E-state index is 14.0. The van der Waals surface area contributed by atoms with Gasteiger partial charge >= 0.3 is 0 Å². The summed E-state index contributed by atoms with van der Waals surface area (Å²) in [6, 6.07) is 11.8. The molecular formula is C32H41N5O6. The molecule has 11 nitrogen and oxygen atoms in total. The van der Waals surface area contributed by atoms with Crippen molar-refractivity contribution >= 4 is 29.7 Å². The third-order valence-electron chi connectivity index (χ3n) is 7.50. The fourth-order valence-electron chi connectivity index (χ4n) is 5.36. The number of fused-ring (bicyclic) bond motifs is 3. The van der Waals surface area contributed by atoms with Crippen LogP contribution < -0.4 is 25.4 Å². The molecule has 0 spiro atoms. The molecule has 0 saturated carbocycles. The molecule has 11 heteroatoms. The number of likely N-dealkylation sites (tertiary alicyclic amines) is 1. The molecule has 4 unspecified atom stereocenters. The Bertz CT molecular complexity index is 1350. The van der Waals surface area contributed by atoms with Crippen LogP contribution in [-0.2, 0) is 25.6 Å². The summed E-state index contributed by atoms with van der Waals surface area (Å²) in [6.45, 7) is 4.06. The lowest BCUT2D eigenvalue weighted by Crippen LogP contribution is -2.60. The van der Waals surface area contributed by atoms with E-state index in [0.717, 1.165) is 5.56 Å². The zero-order valence-corrected chi connectivity index (χ0v) is 25.3. The van der Waals surface area contributed by atoms with E-state index < -0.39 is 36.0 Å². The Hall–Kier alpha value is -4.38. The number of hydrogen-bond donors (Lipinski definition) is 3. The first-order chi connectivity index (χ1) is 20.6. The van der Waals surface area contributed by atoms with Gasteiger partial charge in [-0.2, -0.15) is 0 Å². The van der Waals surface area contributed by atoms with Crippen LogP contribution >= 0.6 is 0 Å². The van der Waals surface area contributed by atoms with Crippen molar-refractivity contribution in [1.82, 2.24) is 25.8 Å². The SMILES string of the molecule is COc1ccc2cc1/C=C\NC(=O)C(Cc1ccccc1)NC(=O)C1C(CCN1C(=O)C(NC(=O)CN(C)C)C(C)C)O2. The lowest BCUT2D eigenvalue weighted by atomic mass is 10.0. The summed E-state index contributed by atoms with van der Waals surface area (Å²) >= 11 is 0. The summed E-state index contributed by atoms with van der Waals surface area (Å²) in [5, 5.41) is 8.52. The highest BCUT2D eigenvalue weighted by atomic mass is 16.5. The number of hydrogen-bond acceptors (Lipinski definition) is 7. The molecule has 2 heterocycles. The summed E-state index contributed by atoms with van der Waals surface area (Å²) in [4.78, 5) is 57.3. The van der Waals surface area contributed by atoms with Crippen LogP contribution in [0.2, 0.25) is 0 Å². The van der Waals surface area contributed by atoms with Gasteiger partial charge in [-0.3, -0.25) is 19.2 Å². The molecule has 0 aliphatic carbocycles. The van der Waals surface area contributed by atoms with Crippen molar-refractivity contribution in [3.8, 4) is 11.5 Å². The van der Waals surface area contributed by atoms with Gasteiger partial charge in [0, 0.05) is 31.1 Å². The number of carbonyl (C=O) groups is 4. The molecular weight excluding hydrogens is 550 g/mol. The van der Waals surface area contributed by atoms with Gasteiger partial charge in [-0.25, -0.2) is 0 Å². The van der Waals surface area contributed by atoms with E-state index in [1.807, 2.05) is 44.2 Å². The molecule has 0 aromatic heterocycles. The lowest BCUT2D eigenvalue weighted by molar-refractivity contribution is -0.144. The average Bonchev–Trinajstić information content (AvgIpc) is 3.38. The van der Waals surface area contributed by atoms with Crippen molar-refractivity contribution in [2.75, 3.05) is 34.3 Å². The molecule has 1 saturated heterocycles. The van der Waals surface area contributed by atoms with Crippen molar-refractivity contribution in [2.24, 2.45) is 5.92 Å².